The molecule has 1 heterocycles. The third-order valence-electron chi connectivity index (χ3n) is 2.28. The van der Waals surface area contributed by atoms with E-state index in [0.29, 0.717) is 11.3 Å². The zero-order valence-corrected chi connectivity index (χ0v) is 9.02. The molecule has 0 spiro atoms. The smallest absolute Gasteiger partial charge is 0.258 e. The lowest BCUT2D eigenvalue weighted by Crippen LogP contribution is -1.94. The van der Waals surface area contributed by atoms with E-state index < -0.39 is 9.85 Å². The Morgan fingerprint density at radius 3 is 2.00 bits per heavy atom. The molecule has 90 valence electrons. The van der Waals surface area contributed by atoms with Crippen LogP contribution in [0.4, 0.5) is 11.4 Å². The summed E-state index contributed by atoms with van der Waals surface area (Å²) in [5.74, 6) is 0. The van der Waals surface area contributed by atoms with Crippen LogP contribution in [0.3, 0.4) is 0 Å². The van der Waals surface area contributed by atoms with Gasteiger partial charge in [-0.15, -0.1) is 0 Å². The molecule has 0 aliphatic rings. The Kier molecular flexibility index (Phi) is 2.96. The van der Waals surface area contributed by atoms with E-state index in [1.54, 1.807) is 18.2 Å². The second kappa shape index (κ2) is 4.58. The van der Waals surface area contributed by atoms with Gasteiger partial charge in [0.1, 0.15) is 0 Å². The van der Waals surface area contributed by atoms with E-state index in [-0.39, 0.29) is 11.4 Å². The lowest BCUT2D eigenvalue weighted by atomic mass is 10.1. The third-order valence-corrected chi connectivity index (χ3v) is 2.28. The van der Waals surface area contributed by atoms with Gasteiger partial charge in [-0.3, -0.25) is 25.2 Å². The molecule has 1 aromatic heterocycles. The molecule has 2 rings (SSSR count). The van der Waals surface area contributed by atoms with Gasteiger partial charge in [-0.1, -0.05) is 6.07 Å². The highest BCUT2D eigenvalue weighted by atomic mass is 16.6. The Bertz CT molecular complexity index is 581. The van der Waals surface area contributed by atoms with Crippen LogP contribution in [0.5, 0.6) is 0 Å². The van der Waals surface area contributed by atoms with E-state index in [9.17, 15) is 20.2 Å². The van der Waals surface area contributed by atoms with E-state index >= 15 is 0 Å². The lowest BCUT2D eigenvalue weighted by molar-refractivity contribution is -0.394. The predicted octanol–water partition coefficient (Wildman–Crippen LogP) is 2.57. The van der Waals surface area contributed by atoms with E-state index in [1.165, 1.54) is 18.3 Å². The van der Waals surface area contributed by atoms with Gasteiger partial charge in [0.05, 0.1) is 21.6 Å². The van der Waals surface area contributed by atoms with Gasteiger partial charge in [-0.05, 0) is 12.1 Å². The van der Waals surface area contributed by atoms with Crippen molar-refractivity contribution < 1.29 is 9.85 Å². The molecule has 2 aromatic rings. The molecule has 0 aliphatic carbocycles. The number of rotatable bonds is 3. The normalized spacial score (nSPS) is 10.0. The first kappa shape index (κ1) is 11.6. The van der Waals surface area contributed by atoms with Crippen molar-refractivity contribution in [1.29, 1.82) is 0 Å². The molecular weight excluding hydrogens is 238 g/mol. The fourth-order valence-corrected chi connectivity index (χ4v) is 1.49. The fraction of sp³-hybridized carbons (Fsp3) is 0. The molecule has 0 saturated carbocycles. The van der Waals surface area contributed by atoms with Crippen LogP contribution in [0.2, 0.25) is 0 Å². The van der Waals surface area contributed by atoms with Crippen molar-refractivity contribution in [2.45, 2.75) is 0 Å². The SMILES string of the molecule is O=[N+]([O-])c1cc(-c2ccccn2)cc([N+](=O)[O-])c1. The first-order valence-corrected chi connectivity index (χ1v) is 4.93. The van der Waals surface area contributed by atoms with E-state index in [2.05, 4.69) is 4.98 Å². The summed E-state index contributed by atoms with van der Waals surface area (Å²) in [7, 11) is 0. The number of benzene rings is 1. The van der Waals surface area contributed by atoms with Crippen molar-refractivity contribution in [3.05, 3.63) is 62.8 Å². The molecule has 0 unspecified atom stereocenters. The lowest BCUT2D eigenvalue weighted by Gasteiger charge is -2.00. The van der Waals surface area contributed by atoms with Crippen LogP contribution >= 0.6 is 0 Å². The highest BCUT2D eigenvalue weighted by Crippen LogP contribution is 2.28. The zero-order valence-electron chi connectivity index (χ0n) is 9.02. The van der Waals surface area contributed by atoms with Crippen LogP contribution in [0.15, 0.2) is 42.6 Å². The Morgan fingerprint density at radius 2 is 1.56 bits per heavy atom. The number of pyridine rings is 1. The second-order valence-corrected chi connectivity index (χ2v) is 3.47. The number of nitrogens with zero attached hydrogens (tertiary/aromatic N) is 3. The standard InChI is InChI=1S/C11H7N3O4/c15-13(16)9-5-8(6-10(7-9)14(17)18)11-3-1-2-4-12-11/h1-7H. The Balaban J connectivity index is 2.61. The van der Waals surface area contributed by atoms with Gasteiger partial charge < -0.3 is 0 Å². The monoisotopic (exact) mass is 245 g/mol. The Morgan fingerprint density at radius 1 is 0.944 bits per heavy atom. The van der Waals surface area contributed by atoms with Crippen molar-refractivity contribution in [3.63, 3.8) is 0 Å². The maximum absolute atomic E-state index is 10.7. The fourth-order valence-electron chi connectivity index (χ4n) is 1.49. The largest absolute Gasteiger partial charge is 0.276 e. The Hall–Kier alpha value is -2.83. The maximum Gasteiger partial charge on any atom is 0.276 e. The highest BCUT2D eigenvalue weighted by molar-refractivity contribution is 5.66. The van der Waals surface area contributed by atoms with Crippen LogP contribution in [-0.4, -0.2) is 14.8 Å². The zero-order chi connectivity index (χ0) is 13.1. The van der Waals surface area contributed by atoms with Crippen LogP contribution in [0.25, 0.3) is 11.3 Å². The summed E-state index contributed by atoms with van der Waals surface area (Å²) in [5, 5.41) is 21.4. The molecule has 1 aromatic carbocycles. The number of nitro groups is 2. The van der Waals surface area contributed by atoms with Crippen LogP contribution in [0, 0.1) is 20.2 Å². The highest BCUT2D eigenvalue weighted by Gasteiger charge is 2.17. The number of non-ortho nitro benzene ring substituents is 2. The first-order valence-electron chi connectivity index (χ1n) is 4.93. The maximum atomic E-state index is 10.7. The van der Waals surface area contributed by atoms with Gasteiger partial charge in [0.25, 0.3) is 11.4 Å². The third kappa shape index (κ3) is 2.29. The van der Waals surface area contributed by atoms with Crippen LogP contribution in [-0.2, 0) is 0 Å². The number of nitro benzene ring substituents is 2. The molecule has 0 amide bonds. The molecule has 0 N–H and O–H groups in total. The quantitative estimate of drug-likeness (QED) is 0.611. The van der Waals surface area contributed by atoms with Gasteiger partial charge in [0, 0.05) is 23.9 Å². The summed E-state index contributed by atoms with van der Waals surface area (Å²) in [4.78, 5) is 24.1. The predicted molar refractivity (Wildman–Crippen MR) is 63.0 cm³/mol. The average Bonchev–Trinajstić information content (AvgIpc) is 2.39. The van der Waals surface area contributed by atoms with E-state index in [4.69, 9.17) is 0 Å². The van der Waals surface area contributed by atoms with Crippen LogP contribution in [0.1, 0.15) is 0 Å². The average molecular weight is 245 g/mol. The summed E-state index contributed by atoms with van der Waals surface area (Å²) in [6, 6.07) is 8.46. The van der Waals surface area contributed by atoms with E-state index in [0.717, 1.165) is 6.07 Å². The van der Waals surface area contributed by atoms with Gasteiger partial charge in [-0.2, -0.15) is 0 Å². The van der Waals surface area contributed by atoms with Gasteiger partial charge in [0.15, 0.2) is 0 Å². The van der Waals surface area contributed by atoms with Crippen molar-refractivity contribution in [2.75, 3.05) is 0 Å². The molecule has 0 saturated heterocycles. The second-order valence-electron chi connectivity index (χ2n) is 3.47. The first-order chi connectivity index (χ1) is 8.58. The van der Waals surface area contributed by atoms with Gasteiger partial charge in [0.2, 0.25) is 0 Å². The minimum Gasteiger partial charge on any atom is -0.258 e. The molecule has 0 bridgehead atoms. The van der Waals surface area contributed by atoms with Gasteiger partial charge in [-0.25, -0.2) is 0 Å². The minimum atomic E-state index is -0.667. The summed E-state index contributed by atoms with van der Waals surface area (Å²) in [6.45, 7) is 0. The van der Waals surface area contributed by atoms with Crippen molar-refractivity contribution >= 4 is 11.4 Å². The molecule has 0 aliphatic heterocycles. The van der Waals surface area contributed by atoms with E-state index in [1.807, 2.05) is 0 Å². The van der Waals surface area contributed by atoms with Crippen molar-refractivity contribution in [1.82, 2.24) is 4.98 Å². The topological polar surface area (TPSA) is 99.2 Å². The number of aromatic nitrogens is 1. The molecule has 0 radical (unpaired) electrons. The summed E-state index contributed by atoms with van der Waals surface area (Å²) in [6.07, 6.45) is 1.51. The van der Waals surface area contributed by atoms with Crippen LogP contribution < -0.4 is 0 Å². The minimum absolute atomic E-state index is 0.329. The van der Waals surface area contributed by atoms with Crippen molar-refractivity contribution in [3.8, 4) is 11.3 Å². The molecule has 18 heavy (non-hydrogen) atoms. The molecule has 7 nitrogen and oxygen atoms in total. The molecule has 0 atom stereocenters. The number of hydrogen-bond acceptors (Lipinski definition) is 5. The molecular formula is C11H7N3O4. The van der Waals surface area contributed by atoms with Crippen molar-refractivity contribution in [2.24, 2.45) is 0 Å². The molecule has 0 fully saturated rings. The summed E-state index contributed by atoms with van der Waals surface area (Å²) >= 11 is 0. The summed E-state index contributed by atoms with van der Waals surface area (Å²) < 4.78 is 0. The van der Waals surface area contributed by atoms with Gasteiger partial charge >= 0.3 is 0 Å². The Labute approximate surface area is 101 Å². The molecule has 7 heteroatoms. The number of hydrogen-bond donors (Lipinski definition) is 0. The summed E-state index contributed by atoms with van der Waals surface area (Å²) in [5.41, 5.74) is 0.135.